The molecule has 0 bridgehead atoms. The number of hydrogen-bond donors (Lipinski definition) is 1. The van der Waals surface area contributed by atoms with Gasteiger partial charge in [0.05, 0.1) is 14.2 Å². The van der Waals surface area contributed by atoms with Crippen molar-refractivity contribution in [3.05, 3.63) is 88.6 Å². The molecule has 0 spiro atoms. The standard InChI is InChI=1S/C36H40ClN3O4/c1-36(2)13-11-26(30(22-36)24-5-7-27(37)8-6-24)23-39-15-17-40(18-16-39)28-9-10-29(35(41)43-4)32(20-28)44-34-19-25-12-14-38-31(25)21-33(34)42-3/h5-10,12,14,19-21,38H,11,13,15-18,22-23H2,1-4H3. The highest BCUT2D eigenvalue weighted by atomic mass is 35.5. The van der Waals surface area contributed by atoms with Crippen LogP contribution in [0, 0.1) is 5.41 Å². The van der Waals surface area contributed by atoms with Crippen LogP contribution >= 0.6 is 11.6 Å². The minimum absolute atomic E-state index is 0.296. The van der Waals surface area contributed by atoms with Crippen LogP contribution in [0.2, 0.25) is 5.02 Å². The molecule has 2 aliphatic rings. The number of allylic oxidation sites excluding steroid dienone is 1. The fourth-order valence-electron chi connectivity index (χ4n) is 6.39. The molecule has 1 saturated heterocycles. The minimum Gasteiger partial charge on any atom is -0.493 e. The third kappa shape index (κ3) is 6.44. The topological polar surface area (TPSA) is 67.0 Å². The lowest BCUT2D eigenvalue weighted by Gasteiger charge is -2.39. The monoisotopic (exact) mass is 613 g/mol. The van der Waals surface area contributed by atoms with Gasteiger partial charge in [-0.25, -0.2) is 4.79 Å². The van der Waals surface area contributed by atoms with Crippen molar-refractivity contribution in [2.45, 2.75) is 33.1 Å². The zero-order valence-corrected chi connectivity index (χ0v) is 26.7. The van der Waals surface area contributed by atoms with Crippen LogP contribution in [0.25, 0.3) is 16.5 Å². The third-order valence-electron chi connectivity index (χ3n) is 8.96. The van der Waals surface area contributed by atoms with Gasteiger partial charge in [0.15, 0.2) is 11.5 Å². The molecule has 0 unspecified atom stereocenters. The zero-order valence-electron chi connectivity index (χ0n) is 25.9. The summed E-state index contributed by atoms with van der Waals surface area (Å²) in [7, 11) is 2.99. The number of esters is 1. The Morgan fingerprint density at radius 3 is 2.43 bits per heavy atom. The van der Waals surface area contributed by atoms with E-state index in [2.05, 4.69) is 40.8 Å². The van der Waals surface area contributed by atoms with E-state index in [0.717, 1.165) is 67.2 Å². The quantitative estimate of drug-likeness (QED) is 0.202. The van der Waals surface area contributed by atoms with Crippen molar-refractivity contribution in [2.75, 3.05) is 51.8 Å². The average Bonchev–Trinajstić information content (AvgIpc) is 3.49. The Balaban J connectivity index is 1.20. The number of fused-ring (bicyclic) bond motifs is 1. The first-order chi connectivity index (χ1) is 21.2. The summed E-state index contributed by atoms with van der Waals surface area (Å²) in [5, 5.41) is 1.76. The van der Waals surface area contributed by atoms with E-state index in [1.807, 2.05) is 48.7 Å². The molecular formula is C36H40ClN3O4. The van der Waals surface area contributed by atoms with E-state index in [9.17, 15) is 4.79 Å². The van der Waals surface area contributed by atoms with Gasteiger partial charge in [-0.2, -0.15) is 0 Å². The Labute approximate surface area is 264 Å². The molecule has 1 aromatic heterocycles. The summed E-state index contributed by atoms with van der Waals surface area (Å²) in [5.74, 6) is 1.10. The lowest BCUT2D eigenvalue weighted by atomic mass is 9.72. The second-order valence-corrected chi connectivity index (χ2v) is 13.0. The fourth-order valence-corrected chi connectivity index (χ4v) is 6.51. The summed E-state index contributed by atoms with van der Waals surface area (Å²) >= 11 is 6.21. The van der Waals surface area contributed by atoms with Crippen LogP contribution in [0.3, 0.4) is 0 Å². The number of carbonyl (C=O) groups is 1. The van der Waals surface area contributed by atoms with Gasteiger partial charge in [0, 0.05) is 72.7 Å². The summed E-state index contributed by atoms with van der Waals surface area (Å²) in [5.41, 5.74) is 6.94. The molecule has 1 aliphatic heterocycles. The van der Waals surface area contributed by atoms with Gasteiger partial charge in [-0.3, -0.25) is 4.90 Å². The first-order valence-corrected chi connectivity index (χ1v) is 15.6. The van der Waals surface area contributed by atoms with Crippen molar-refractivity contribution < 1.29 is 19.0 Å². The number of carbonyl (C=O) groups excluding carboxylic acids is 1. The highest BCUT2D eigenvalue weighted by molar-refractivity contribution is 6.30. The van der Waals surface area contributed by atoms with Gasteiger partial charge in [-0.05, 0) is 72.2 Å². The Morgan fingerprint density at radius 2 is 1.70 bits per heavy atom. The van der Waals surface area contributed by atoms with E-state index in [0.29, 0.717) is 28.2 Å². The maximum absolute atomic E-state index is 12.7. The maximum Gasteiger partial charge on any atom is 0.341 e. The Morgan fingerprint density at radius 1 is 0.932 bits per heavy atom. The van der Waals surface area contributed by atoms with Crippen LogP contribution in [0.5, 0.6) is 17.2 Å². The number of nitrogens with one attached hydrogen (secondary N) is 1. The first kappa shape index (κ1) is 30.1. The van der Waals surface area contributed by atoms with E-state index in [4.69, 9.17) is 25.8 Å². The van der Waals surface area contributed by atoms with Gasteiger partial charge in [-0.1, -0.05) is 43.2 Å². The van der Waals surface area contributed by atoms with E-state index >= 15 is 0 Å². The second kappa shape index (κ2) is 12.6. The number of H-pyrrole nitrogens is 1. The van der Waals surface area contributed by atoms with E-state index < -0.39 is 5.97 Å². The first-order valence-electron chi connectivity index (χ1n) is 15.2. The van der Waals surface area contributed by atoms with Crippen molar-refractivity contribution in [1.29, 1.82) is 0 Å². The van der Waals surface area contributed by atoms with E-state index in [-0.39, 0.29) is 0 Å². The van der Waals surface area contributed by atoms with Crippen molar-refractivity contribution in [3.63, 3.8) is 0 Å². The van der Waals surface area contributed by atoms with Crippen molar-refractivity contribution >= 4 is 39.7 Å². The molecule has 44 heavy (non-hydrogen) atoms. The number of anilines is 1. The van der Waals surface area contributed by atoms with Crippen LogP contribution in [0.15, 0.2) is 72.4 Å². The molecule has 6 rings (SSSR count). The van der Waals surface area contributed by atoms with Gasteiger partial charge < -0.3 is 24.1 Å². The fraction of sp³-hybridized carbons (Fsp3) is 0.361. The highest BCUT2D eigenvalue weighted by Crippen LogP contribution is 2.43. The minimum atomic E-state index is -0.446. The van der Waals surface area contributed by atoms with E-state index in [1.165, 1.54) is 24.7 Å². The lowest BCUT2D eigenvalue weighted by Crippen LogP contribution is -2.47. The van der Waals surface area contributed by atoms with Crippen LogP contribution in [0.4, 0.5) is 5.69 Å². The second-order valence-electron chi connectivity index (χ2n) is 12.5. The number of rotatable bonds is 8. The summed E-state index contributed by atoms with van der Waals surface area (Å²) in [6, 6.07) is 19.8. The highest BCUT2D eigenvalue weighted by Gasteiger charge is 2.29. The molecule has 0 saturated carbocycles. The molecule has 1 N–H and O–H groups in total. The number of nitrogens with zero attached hydrogens (tertiary/aromatic N) is 2. The number of hydrogen-bond acceptors (Lipinski definition) is 6. The van der Waals surface area contributed by atoms with Crippen molar-refractivity contribution in [2.24, 2.45) is 5.41 Å². The van der Waals surface area contributed by atoms with Gasteiger partial charge in [0.2, 0.25) is 0 Å². The maximum atomic E-state index is 12.7. The molecule has 230 valence electrons. The third-order valence-corrected chi connectivity index (χ3v) is 9.21. The molecule has 4 aromatic rings. The molecule has 8 heteroatoms. The van der Waals surface area contributed by atoms with Gasteiger partial charge >= 0.3 is 5.97 Å². The van der Waals surface area contributed by atoms with Gasteiger partial charge in [0.25, 0.3) is 0 Å². The van der Waals surface area contributed by atoms with Crippen molar-refractivity contribution in [1.82, 2.24) is 9.88 Å². The summed E-state index contributed by atoms with van der Waals surface area (Å²) in [6.07, 6.45) is 5.29. The van der Waals surface area contributed by atoms with Crippen LogP contribution < -0.4 is 14.4 Å². The van der Waals surface area contributed by atoms with Gasteiger partial charge in [-0.15, -0.1) is 0 Å². The molecule has 1 fully saturated rings. The summed E-state index contributed by atoms with van der Waals surface area (Å²) < 4.78 is 17.1. The lowest BCUT2D eigenvalue weighted by molar-refractivity contribution is 0.0598. The average molecular weight is 614 g/mol. The summed E-state index contributed by atoms with van der Waals surface area (Å²) in [6.45, 7) is 9.39. The SMILES string of the molecule is COC(=O)c1ccc(N2CCN(CC3=C(c4ccc(Cl)cc4)CC(C)(C)CC3)CC2)cc1Oc1cc2cc[nH]c2cc1OC. The number of aromatic amines is 1. The molecule has 2 heterocycles. The molecule has 3 aromatic carbocycles. The van der Waals surface area contributed by atoms with Crippen LogP contribution in [-0.4, -0.2) is 62.8 Å². The number of methoxy groups -OCH3 is 2. The van der Waals surface area contributed by atoms with Crippen molar-refractivity contribution in [3.8, 4) is 17.2 Å². The Kier molecular flexibility index (Phi) is 8.61. The predicted octanol–water partition coefficient (Wildman–Crippen LogP) is 8.19. The van der Waals surface area contributed by atoms with Gasteiger partial charge in [0.1, 0.15) is 11.3 Å². The summed E-state index contributed by atoms with van der Waals surface area (Å²) in [4.78, 5) is 20.8. The van der Waals surface area contributed by atoms with Crippen LogP contribution in [0.1, 0.15) is 49.0 Å². The Hall–Kier alpha value is -3.94. The van der Waals surface area contributed by atoms with Crippen LogP contribution in [-0.2, 0) is 4.74 Å². The largest absolute Gasteiger partial charge is 0.493 e. The molecule has 1 aliphatic carbocycles. The van der Waals surface area contributed by atoms with E-state index in [1.54, 1.807) is 18.7 Å². The molecule has 0 radical (unpaired) electrons. The predicted molar refractivity (Wildman–Crippen MR) is 177 cm³/mol. The molecular weight excluding hydrogens is 574 g/mol. The number of halogens is 1. The zero-order chi connectivity index (χ0) is 30.8. The molecule has 0 amide bonds. The Bertz CT molecular complexity index is 1680. The molecule has 0 atom stereocenters. The number of ether oxygens (including phenoxy) is 3. The number of aromatic nitrogens is 1. The molecule has 7 nitrogen and oxygen atoms in total. The smallest absolute Gasteiger partial charge is 0.341 e. The normalized spacial score (nSPS) is 17.2. The number of benzene rings is 3. The number of piperazine rings is 1.